The van der Waals surface area contributed by atoms with Crippen molar-refractivity contribution in [2.45, 2.75) is 0 Å². The molecule has 0 aliphatic heterocycles. The second-order valence-electron chi connectivity index (χ2n) is 4.02. The number of aromatic hydroxyl groups is 1. The van der Waals surface area contributed by atoms with Gasteiger partial charge in [-0.05, 0) is 30.3 Å². The number of aromatic carboxylic acids is 1. The summed E-state index contributed by atoms with van der Waals surface area (Å²) in [4.78, 5) is 15.4. The van der Waals surface area contributed by atoms with Crippen molar-refractivity contribution in [2.75, 3.05) is 0 Å². The molecule has 0 saturated heterocycles. The molecule has 0 saturated carbocycles. The van der Waals surface area contributed by atoms with Crippen molar-refractivity contribution in [3.8, 4) is 16.3 Å². The lowest BCUT2D eigenvalue weighted by Gasteiger charge is -2.02. The van der Waals surface area contributed by atoms with Crippen molar-refractivity contribution >= 4 is 27.5 Å². The predicted molar refractivity (Wildman–Crippen MR) is 73.7 cm³/mol. The van der Waals surface area contributed by atoms with Crippen molar-refractivity contribution in [3.63, 3.8) is 0 Å². The average Bonchev–Trinajstić information content (AvgIpc) is 2.82. The van der Waals surface area contributed by atoms with Crippen molar-refractivity contribution in [1.29, 1.82) is 0 Å². The predicted octanol–water partition coefficient (Wildman–Crippen LogP) is 3.37. The maximum Gasteiger partial charge on any atom is 0.335 e. The number of hydrogen-bond acceptors (Lipinski definition) is 4. The molecular weight excluding hydrogens is 262 g/mol. The van der Waals surface area contributed by atoms with Crippen molar-refractivity contribution in [2.24, 2.45) is 0 Å². The van der Waals surface area contributed by atoms with E-state index in [2.05, 4.69) is 4.98 Å². The second-order valence-corrected chi connectivity index (χ2v) is 5.05. The zero-order valence-corrected chi connectivity index (χ0v) is 10.5. The number of thiazole rings is 1. The van der Waals surface area contributed by atoms with Crippen LogP contribution >= 0.6 is 11.3 Å². The Hall–Kier alpha value is -2.40. The maximum absolute atomic E-state index is 11.0. The number of nitrogens with zero attached hydrogens (tertiary/aromatic N) is 1. The number of carboxylic acids is 1. The molecule has 0 radical (unpaired) electrons. The zero-order chi connectivity index (χ0) is 13.4. The third-order valence-electron chi connectivity index (χ3n) is 2.77. The summed E-state index contributed by atoms with van der Waals surface area (Å²) < 4.78 is 0.998. The van der Waals surface area contributed by atoms with E-state index in [-0.39, 0.29) is 11.3 Å². The molecule has 0 atom stereocenters. The van der Waals surface area contributed by atoms with E-state index >= 15 is 0 Å². The average molecular weight is 271 g/mol. The molecule has 3 rings (SSSR count). The smallest absolute Gasteiger partial charge is 0.335 e. The Kier molecular flexibility index (Phi) is 2.68. The van der Waals surface area contributed by atoms with Gasteiger partial charge in [0.05, 0.1) is 21.3 Å². The summed E-state index contributed by atoms with van der Waals surface area (Å²) in [6.45, 7) is 0. The lowest BCUT2D eigenvalue weighted by molar-refractivity contribution is 0.0697. The van der Waals surface area contributed by atoms with Gasteiger partial charge < -0.3 is 10.2 Å². The van der Waals surface area contributed by atoms with Crippen LogP contribution in [0.25, 0.3) is 20.8 Å². The minimum Gasteiger partial charge on any atom is -0.507 e. The first-order valence-electron chi connectivity index (χ1n) is 5.57. The summed E-state index contributed by atoms with van der Waals surface area (Å²) in [7, 11) is 0. The molecule has 2 N–H and O–H groups in total. The second kappa shape index (κ2) is 4.37. The summed E-state index contributed by atoms with van der Waals surface area (Å²) in [6.07, 6.45) is 0. The van der Waals surface area contributed by atoms with Gasteiger partial charge in [-0.15, -0.1) is 11.3 Å². The van der Waals surface area contributed by atoms with Gasteiger partial charge in [-0.25, -0.2) is 9.78 Å². The summed E-state index contributed by atoms with van der Waals surface area (Å²) >= 11 is 1.42. The van der Waals surface area contributed by atoms with Crippen LogP contribution in [0.3, 0.4) is 0 Å². The lowest BCUT2D eigenvalue weighted by atomic mass is 10.1. The molecule has 1 heterocycles. The lowest BCUT2D eigenvalue weighted by Crippen LogP contribution is -1.95. The van der Waals surface area contributed by atoms with E-state index in [1.807, 2.05) is 24.3 Å². The molecule has 2 aromatic carbocycles. The van der Waals surface area contributed by atoms with Gasteiger partial charge in [0.25, 0.3) is 0 Å². The van der Waals surface area contributed by atoms with Crippen molar-refractivity contribution in [3.05, 3.63) is 48.0 Å². The Bertz CT molecular complexity index is 746. The number of fused-ring (bicyclic) bond motifs is 1. The monoisotopic (exact) mass is 271 g/mol. The normalized spacial score (nSPS) is 10.7. The van der Waals surface area contributed by atoms with Gasteiger partial charge in [-0.2, -0.15) is 0 Å². The fourth-order valence-corrected chi connectivity index (χ4v) is 2.82. The number of phenols is 1. The Morgan fingerprint density at radius 3 is 2.68 bits per heavy atom. The summed E-state index contributed by atoms with van der Waals surface area (Å²) in [5, 5.41) is 19.5. The van der Waals surface area contributed by atoms with E-state index in [9.17, 15) is 9.90 Å². The van der Waals surface area contributed by atoms with E-state index in [0.717, 1.165) is 10.2 Å². The van der Waals surface area contributed by atoms with Crippen LogP contribution < -0.4 is 0 Å². The van der Waals surface area contributed by atoms with Crippen molar-refractivity contribution < 1.29 is 15.0 Å². The van der Waals surface area contributed by atoms with Crippen LogP contribution in [0.4, 0.5) is 0 Å². The highest BCUT2D eigenvalue weighted by atomic mass is 32.1. The molecule has 0 spiro atoms. The first kappa shape index (κ1) is 11.7. The van der Waals surface area contributed by atoms with E-state index in [1.54, 1.807) is 0 Å². The molecular formula is C14H9NO3S. The fraction of sp³-hybridized carbons (Fsp3) is 0. The highest BCUT2D eigenvalue weighted by Gasteiger charge is 2.13. The van der Waals surface area contributed by atoms with Crippen LogP contribution in [0, 0.1) is 0 Å². The van der Waals surface area contributed by atoms with Gasteiger partial charge in [0.15, 0.2) is 0 Å². The van der Waals surface area contributed by atoms with Gasteiger partial charge in [0.1, 0.15) is 10.8 Å². The quantitative estimate of drug-likeness (QED) is 0.749. The third-order valence-corrected chi connectivity index (χ3v) is 3.84. The molecule has 0 aliphatic rings. The van der Waals surface area contributed by atoms with Crippen LogP contribution in [-0.4, -0.2) is 21.2 Å². The van der Waals surface area contributed by atoms with Crippen LogP contribution in [0.15, 0.2) is 42.5 Å². The Morgan fingerprint density at radius 2 is 1.95 bits per heavy atom. The minimum absolute atomic E-state index is 0.0315. The molecule has 5 heteroatoms. The number of carbonyl (C=O) groups is 1. The topological polar surface area (TPSA) is 70.4 Å². The fourth-order valence-electron chi connectivity index (χ4n) is 1.83. The van der Waals surface area contributed by atoms with Crippen LogP contribution in [0.1, 0.15) is 10.4 Å². The number of rotatable bonds is 2. The number of para-hydroxylation sites is 1. The largest absolute Gasteiger partial charge is 0.507 e. The molecule has 0 amide bonds. The first-order chi connectivity index (χ1) is 9.15. The van der Waals surface area contributed by atoms with E-state index < -0.39 is 5.97 Å². The Morgan fingerprint density at radius 1 is 1.16 bits per heavy atom. The molecule has 3 aromatic rings. The third kappa shape index (κ3) is 2.04. The van der Waals surface area contributed by atoms with Crippen LogP contribution in [0.2, 0.25) is 0 Å². The number of carboxylic acid groups (broad SMARTS) is 1. The van der Waals surface area contributed by atoms with E-state index in [1.165, 1.54) is 29.5 Å². The number of benzene rings is 2. The number of hydrogen-bond donors (Lipinski definition) is 2. The first-order valence-corrected chi connectivity index (χ1v) is 6.39. The Labute approximate surface area is 112 Å². The van der Waals surface area contributed by atoms with Gasteiger partial charge >= 0.3 is 5.97 Å². The molecule has 19 heavy (non-hydrogen) atoms. The summed E-state index contributed by atoms with van der Waals surface area (Å²) in [6, 6.07) is 11.8. The van der Waals surface area contributed by atoms with E-state index in [0.29, 0.717) is 10.6 Å². The van der Waals surface area contributed by atoms with Gasteiger partial charge in [0.2, 0.25) is 0 Å². The summed E-state index contributed by atoms with van der Waals surface area (Å²) in [5.74, 6) is -0.994. The maximum atomic E-state index is 11.0. The SMILES string of the molecule is O=C(O)c1ccc(O)c(-c2nc3ccccc3s2)c1. The standard InChI is InChI=1S/C14H9NO3S/c16-11-6-5-8(14(17)18)7-9(11)13-15-10-3-1-2-4-12(10)19-13/h1-7,16H,(H,17,18). The van der Waals surface area contributed by atoms with Crippen LogP contribution in [0.5, 0.6) is 5.75 Å². The number of aromatic nitrogens is 1. The van der Waals surface area contributed by atoms with Crippen molar-refractivity contribution in [1.82, 2.24) is 4.98 Å². The zero-order valence-electron chi connectivity index (χ0n) is 9.70. The van der Waals surface area contributed by atoms with Crippen LogP contribution in [-0.2, 0) is 0 Å². The van der Waals surface area contributed by atoms with Gasteiger partial charge in [-0.3, -0.25) is 0 Å². The highest BCUT2D eigenvalue weighted by Crippen LogP contribution is 2.35. The molecule has 4 nitrogen and oxygen atoms in total. The Balaban J connectivity index is 2.20. The minimum atomic E-state index is -1.03. The van der Waals surface area contributed by atoms with Gasteiger partial charge in [0, 0.05) is 0 Å². The van der Waals surface area contributed by atoms with Gasteiger partial charge in [-0.1, -0.05) is 12.1 Å². The molecule has 1 aromatic heterocycles. The highest BCUT2D eigenvalue weighted by molar-refractivity contribution is 7.21. The molecule has 0 unspecified atom stereocenters. The number of phenolic OH excluding ortho intramolecular Hbond substituents is 1. The van der Waals surface area contributed by atoms with E-state index in [4.69, 9.17) is 5.11 Å². The molecule has 0 fully saturated rings. The molecule has 0 bridgehead atoms. The molecule has 94 valence electrons. The molecule has 0 aliphatic carbocycles. The summed E-state index contributed by atoms with van der Waals surface area (Å²) in [5.41, 5.74) is 1.41.